The molecule has 0 atom stereocenters. The second-order valence-corrected chi connectivity index (χ2v) is 7.14. The van der Waals surface area contributed by atoms with Gasteiger partial charge in [0.2, 0.25) is 0 Å². The quantitative estimate of drug-likeness (QED) is 0.487. The molecule has 2 N–H and O–H groups in total. The average Bonchev–Trinajstić information content (AvgIpc) is 2.72. The van der Waals surface area contributed by atoms with Crippen LogP contribution in [0, 0.1) is 0 Å². The fraction of sp³-hybridized carbons (Fsp3) is 0.273. The molecule has 2 aromatic rings. The van der Waals surface area contributed by atoms with Gasteiger partial charge in [-0.25, -0.2) is 0 Å². The number of carbonyl (C=O) groups excluding carboxylic acids is 2. The van der Waals surface area contributed by atoms with Gasteiger partial charge in [0.25, 0.3) is 11.8 Å². The van der Waals surface area contributed by atoms with Crippen LogP contribution >= 0.6 is 11.6 Å². The normalized spacial score (nSPS) is 11.3. The van der Waals surface area contributed by atoms with Crippen molar-refractivity contribution in [3.63, 3.8) is 0 Å². The zero-order valence-corrected chi connectivity index (χ0v) is 17.6. The molecule has 0 heterocycles. The molecule has 2 amide bonds. The van der Waals surface area contributed by atoms with Gasteiger partial charge in [0.05, 0.1) is 7.11 Å². The van der Waals surface area contributed by atoms with Crippen LogP contribution in [-0.4, -0.2) is 51.0 Å². The minimum Gasteiger partial charge on any atom is -0.497 e. The average molecular weight is 416 g/mol. The van der Waals surface area contributed by atoms with Gasteiger partial charge in [0, 0.05) is 17.1 Å². The summed E-state index contributed by atoms with van der Waals surface area (Å²) in [7, 11) is 5.51. The van der Waals surface area contributed by atoms with E-state index in [2.05, 4.69) is 10.6 Å². The zero-order chi connectivity index (χ0) is 21.2. The summed E-state index contributed by atoms with van der Waals surface area (Å²) >= 11 is 5.93. The number of carbonyl (C=O) groups is 2. The number of nitrogens with zero attached hydrogens (tertiary/aromatic N) is 1. The van der Waals surface area contributed by atoms with Crippen LogP contribution in [0.4, 0.5) is 0 Å². The van der Waals surface area contributed by atoms with Crippen LogP contribution in [0.5, 0.6) is 5.75 Å². The summed E-state index contributed by atoms with van der Waals surface area (Å²) in [5, 5.41) is 6.16. The van der Waals surface area contributed by atoms with Gasteiger partial charge in [-0.2, -0.15) is 0 Å². The van der Waals surface area contributed by atoms with Crippen LogP contribution in [0.2, 0.25) is 5.02 Å². The number of methoxy groups -OCH3 is 1. The summed E-state index contributed by atoms with van der Waals surface area (Å²) < 4.78 is 5.11. The number of hydrogen-bond donors (Lipinski definition) is 2. The van der Waals surface area contributed by atoms with Crippen LogP contribution in [0.15, 0.2) is 54.2 Å². The topological polar surface area (TPSA) is 70.7 Å². The molecule has 0 unspecified atom stereocenters. The highest BCUT2D eigenvalue weighted by Crippen LogP contribution is 2.14. The SMILES string of the molecule is COc1ccc(C(=O)N/C(=C\c2ccc(Cl)cc2)C(=O)NCCCN(C)C)cc1. The third kappa shape index (κ3) is 7.60. The lowest BCUT2D eigenvalue weighted by atomic mass is 10.1. The van der Waals surface area contributed by atoms with E-state index in [1.54, 1.807) is 61.7 Å². The van der Waals surface area contributed by atoms with E-state index in [0.29, 0.717) is 22.9 Å². The lowest BCUT2D eigenvalue weighted by Gasteiger charge is -2.13. The van der Waals surface area contributed by atoms with Crippen LogP contribution in [0.25, 0.3) is 6.08 Å². The molecule has 0 aliphatic heterocycles. The first-order chi connectivity index (χ1) is 13.9. The Hall–Kier alpha value is -2.83. The van der Waals surface area contributed by atoms with Crippen molar-refractivity contribution in [2.75, 3.05) is 34.3 Å². The van der Waals surface area contributed by atoms with Crippen LogP contribution in [0.3, 0.4) is 0 Å². The predicted molar refractivity (Wildman–Crippen MR) is 116 cm³/mol. The van der Waals surface area contributed by atoms with Crippen molar-refractivity contribution < 1.29 is 14.3 Å². The smallest absolute Gasteiger partial charge is 0.267 e. The molecule has 29 heavy (non-hydrogen) atoms. The standard InChI is InChI=1S/C22H26ClN3O3/c1-26(2)14-4-13-24-22(28)20(15-16-5-9-18(23)10-6-16)25-21(27)17-7-11-19(29-3)12-8-17/h5-12,15H,4,13-14H2,1-3H3,(H,24,28)(H,25,27)/b20-15-. The van der Waals surface area contributed by atoms with E-state index in [1.165, 1.54) is 0 Å². The predicted octanol–water partition coefficient (Wildman–Crippen LogP) is 3.19. The second kappa shape index (κ2) is 11.2. The number of benzene rings is 2. The fourth-order valence-corrected chi connectivity index (χ4v) is 2.64. The zero-order valence-electron chi connectivity index (χ0n) is 16.9. The third-order valence-electron chi connectivity index (χ3n) is 4.09. The maximum absolute atomic E-state index is 12.7. The first-order valence-electron chi connectivity index (χ1n) is 9.24. The van der Waals surface area contributed by atoms with E-state index in [-0.39, 0.29) is 17.5 Å². The minimum absolute atomic E-state index is 0.165. The first kappa shape index (κ1) is 22.5. The summed E-state index contributed by atoms with van der Waals surface area (Å²) in [6.45, 7) is 1.36. The number of rotatable bonds is 9. The molecule has 0 bridgehead atoms. The van der Waals surface area contributed by atoms with Crippen molar-refractivity contribution in [2.24, 2.45) is 0 Å². The van der Waals surface area contributed by atoms with Crippen molar-refractivity contribution in [1.82, 2.24) is 15.5 Å². The number of halogens is 1. The lowest BCUT2D eigenvalue weighted by molar-refractivity contribution is -0.117. The highest BCUT2D eigenvalue weighted by molar-refractivity contribution is 6.30. The highest BCUT2D eigenvalue weighted by Gasteiger charge is 2.14. The molecule has 0 radical (unpaired) electrons. The number of nitrogens with one attached hydrogen (secondary N) is 2. The molecule has 6 nitrogen and oxygen atoms in total. The molecule has 2 rings (SSSR count). The van der Waals surface area contributed by atoms with Crippen molar-refractivity contribution in [1.29, 1.82) is 0 Å². The molecular weight excluding hydrogens is 390 g/mol. The van der Waals surface area contributed by atoms with Gasteiger partial charge in [-0.3, -0.25) is 9.59 Å². The minimum atomic E-state index is -0.378. The largest absolute Gasteiger partial charge is 0.497 e. The second-order valence-electron chi connectivity index (χ2n) is 6.70. The van der Waals surface area contributed by atoms with Gasteiger partial charge in [0.15, 0.2) is 0 Å². The van der Waals surface area contributed by atoms with Crippen LogP contribution < -0.4 is 15.4 Å². The molecule has 2 aromatic carbocycles. The van der Waals surface area contributed by atoms with E-state index in [4.69, 9.17) is 16.3 Å². The Balaban J connectivity index is 2.15. The van der Waals surface area contributed by atoms with E-state index >= 15 is 0 Å². The molecule has 7 heteroatoms. The molecular formula is C22H26ClN3O3. The Morgan fingerprint density at radius 2 is 1.72 bits per heavy atom. The van der Waals surface area contributed by atoms with Gasteiger partial charge in [0.1, 0.15) is 11.4 Å². The highest BCUT2D eigenvalue weighted by atomic mass is 35.5. The van der Waals surface area contributed by atoms with Crippen LogP contribution in [0.1, 0.15) is 22.3 Å². The first-order valence-corrected chi connectivity index (χ1v) is 9.62. The van der Waals surface area contributed by atoms with Crippen molar-refractivity contribution in [2.45, 2.75) is 6.42 Å². The molecule has 0 aromatic heterocycles. The van der Waals surface area contributed by atoms with Gasteiger partial charge in [-0.15, -0.1) is 0 Å². The lowest BCUT2D eigenvalue weighted by Crippen LogP contribution is -2.36. The molecule has 0 aliphatic carbocycles. The number of ether oxygens (including phenoxy) is 1. The Morgan fingerprint density at radius 3 is 2.31 bits per heavy atom. The Kier molecular flexibility index (Phi) is 8.70. The maximum Gasteiger partial charge on any atom is 0.267 e. The molecule has 0 spiro atoms. The molecule has 0 saturated carbocycles. The van der Waals surface area contributed by atoms with Crippen molar-refractivity contribution in [3.05, 3.63) is 70.4 Å². The maximum atomic E-state index is 12.7. The summed E-state index contributed by atoms with van der Waals surface area (Å²) in [6.07, 6.45) is 2.43. The van der Waals surface area contributed by atoms with E-state index in [1.807, 2.05) is 19.0 Å². The van der Waals surface area contributed by atoms with Crippen LogP contribution in [-0.2, 0) is 4.79 Å². The number of amides is 2. The van der Waals surface area contributed by atoms with Gasteiger partial charge in [-0.1, -0.05) is 23.7 Å². The fourth-order valence-electron chi connectivity index (χ4n) is 2.51. The molecule has 0 fully saturated rings. The summed E-state index contributed by atoms with van der Waals surface area (Å²) in [4.78, 5) is 27.3. The van der Waals surface area contributed by atoms with Crippen molar-refractivity contribution in [3.8, 4) is 5.75 Å². The molecule has 0 saturated heterocycles. The summed E-state index contributed by atoms with van der Waals surface area (Å²) in [6, 6.07) is 13.7. The summed E-state index contributed by atoms with van der Waals surface area (Å²) in [5.74, 6) is -0.0750. The third-order valence-corrected chi connectivity index (χ3v) is 4.35. The monoisotopic (exact) mass is 415 g/mol. The Labute approximate surface area is 176 Å². The van der Waals surface area contributed by atoms with Gasteiger partial charge < -0.3 is 20.3 Å². The van der Waals surface area contributed by atoms with Gasteiger partial charge in [-0.05, 0) is 75.1 Å². The summed E-state index contributed by atoms with van der Waals surface area (Å²) in [5.41, 5.74) is 1.34. The van der Waals surface area contributed by atoms with E-state index in [9.17, 15) is 9.59 Å². The molecule has 154 valence electrons. The van der Waals surface area contributed by atoms with Gasteiger partial charge >= 0.3 is 0 Å². The van der Waals surface area contributed by atoms with E-state index < -0.39 is 0 Å². The Morgan fingerprint density at radius 1 is 1.07 bits per heavy atom. The number of hydrogen-bond acceptors (Lipinski definition) is 4. The van der Waals surface area contributed by atoms with Crippen molar-refractivity contribution >= 4 is 29.5 Å². The Bertz CT molecular complexity index is 847. The van der Waals surface area contributed by atoms with E-state index in [0.717, 1.165) is 18.5 Å². The molecule has 0 aliphatic rings.